The van der Waals surface area contributed by atoms with Gasteiger partial charge in [0.1, 0.15) is 17.4 Å². The van der Waals surface area contributed by atoms with E-state index in [4.69, 9.17) is 14.7 Å². The number of rotatable bonds is 7. The average Bonchev–Trinajstić information content (AvgIpc) is 2.96. The van der Waals surface area contributed by atoms with Crippen molar-refractivity contribution < 1.29 is 13.2 Å². The lowest BCUT2D eigenvalue weighted by molar-refractivity contribution is 0.141. The molecule has 2 heterocycles. The molecule has 0 saturated carbocycles. The number of fused-ring (bicyclic) bond motifs is 1. The van der Waals surface area contributed by atoms with Crippen molar-refractivity contribution in [2.24, 2.45) is 0 Å². The van der Waals surface area contributed by atoms with Crippen LogP contribution in [0.3, 0.4) is 0 Å². The van der Waals surface area contributed by atoms with Gasteiger partial charge in [0, 0.05) is 43.3 Å². The minimum Gasteiger partial charge on any atom is -0.497 e. The number of para-hydroxylation sites is 1. The molecule has 0 unspecified atom stereocenters. The van der Waals surface area contributed by atoms with Gasteiger partial charge in [-0.25, -0.2) is 18.4 Å². The maximum Gasteiger partial charge on any atom is 0.243 e. The highest BCUT2D eigenvalue weighted by Crippen LogP contribution is 2.30. The average molecular weight is 560 g/mol. The van der Waals surface area contributed by atoms with Crippen LogP contribution >= 0.6 is 0 Å². The molecule has 4 aromatic rings. The molecule has 40 heavy (non-hydrogen) atoms. The van der Waals surface area contributed by atoms with Crippen molar-refractivity contribution in [3.8, 4) is 5.75 Å². The first-order valence-electron chi connectivity index (χ1n) is 13.6. The molecule has 0 bridgehead atoms. The summed E-state index contributed by atoms with van der Waals surface area (Å²) in [5.41, 5.74) is 2.81. The van der Waals surface area contributed by atoms with Crippen LogP contribution in [-0.4, -0.2) is 60.9 Å². The molecule has 210 valence electrons. The van der Waals surface area contributed by atoms with Gasteiger partial charge in [-0.2, -0.15) is 4.31 Å². The fraction of sp³-hybridized carbons (Fsp3) is 0.355. The molecule has 0 spiro atoms. The van der Waals surface area contributed by atoms with Gasteiger partial charge in [-0.3, -0.25) is 4.90 Å². The summed E-state index contributed by atoms with van der Waals surface area (Å²) < 4.78 is 33.7. The van der Waals surface area contributed by atoms with Crippen LogP contribution in [0.5, 0.6) is 5.75 Å². The molecule has 1 saturated heterocycles. The van der Waals surface area contributed by atoms with Crippen molar-refractivity contribution in [2.45, 2.75) is 44.0 Å². The summed E-state index contributed by atoms with van der Waals surface area (Å²) in [5, 5.41) is 4.37. The van der Waals surface area contributed by atoms with Crippen LogP contribution < -0.4 is 10.1 Å². The second-order valence-corrected chi connectivity index (χ2v) is 13.1. The van der Waals surface area contributed by atoms with Gasteiger partial charge in [-0.05, 0) is 54.3 Å². The Bertz CT molecular complexity index is 1590. The number of sulfonamides is 1. The Morgan fingerprint density at radius 3 is 2.27 bits per heavy atom. The van der Waals surface area contributed by atoms with Gasteiger partial charge in [0.05, 0.1) is 23.6 Å². The number of ether oxygens (including phenoxy) is 1. The summed E-state index contributed by atoms with van der Waals surface area (Å²) >= 11 is 0. The Hall–Kier alpha value is -3.53. The van der Waals surface area contributed by atoms with E-state index in [2.05, 4.69) is 37.9 Å². The number of hydrogen-bond acceptors (Lipinski definition) is 7. The first kappa shape index (κ1) is 28.0. The highest BCUT2D eigenvalue weighted by molar-refractivity contribution is 7.89. The molecule has 0 aliphatic carbocycles. The zero-order valence-corrected chi connectivity index (χ0v) is 24.6. The quantitative estimate of drug-likeness (QED) is 0.309. The maximum atomic E-state index is 13.4. The highest BCUT2D eigenvalue weighted by atomic mass is 32.2. The highest BCUT2D eigenvalue weighted by Gasteiger charge is 2.31. The van der Waals surface area contributed by atoms with E-state index < -0.39 is 10.0 Å². The van der Waals surface area contributed by atoms with E-state index in [1.165, 1.54) is 0 Å². The Balaban J connectivity index is 1.33. The maximum absolute atomic E-state index is 13.4. The molecule has 3 aromatic carbocycles. The normalized spacial score (nSPS) is 16.1. The summed E-state index contributed by atoms with van der Waals surface area (Å²) in [6, 6.07) is 22.9. The van der Waals surface area contributed by atoms with Crippen LogP contribution in [0.15, 0.2) is 77.7 Å². The Morgan fingerprint density at radius 1 is 0.900 bits per heavy atom. The van der Waals surface area contributed by atoms with Crippen molar-refractivity contribution >= 4 is 32.4 Å². The molecular formula is C31H37N5O3S. The smallest absolute Gasteiger partial charge is 0.243 e. The number of aromatic nitrogens is 2. The van der Waals surface area contributed by atoms with E-state index in [0.29, 0.717) is 36.9 Å². The molecule has 1 fully saturated rings. The fourth-order valence-electron chi connectivity index (χ4n) is 4.98. The van der Waals surface area contributed by atoms with Crippen molar-refractivity contribution in [2.75, 3.05) is 38.6 Å². The standard InChI is InChI=1S/C31H37N5O3S/c1-22(35-17-19-36(20-18-35)40(37,38)26-15-13-23(14-16-26)31(2,3)4)29-33-28-12-7-6-11-27(28)30(34-29)32-24-9-8-10-25(21-24)39-5/h6-16,21-22H,17-20H2,1-5H3,(H,32,33,34)/t22-/m1/s1. The molecule has 1 aromatic heterocycles. The van der Waals surface area contributed by atoms with Crippen molar-refractivity contribution in [1.82, 2.24) is 19.2 Å². The van der Waals surface area contributed by atoms with Crippen LogP contribution in [0.4, 0.5) is 11.5 Å². The number of nitrogens with one attached hydrogen (secondary N) is 1. The molecule has 1 aliphatic heterocycles. The predicted octanol–water partition coefficient (Wildman–Crippen LogP) is 5.75. The Labute approximate surface area is 237 Å². The lowest BCUT2D eigenvalue weighted by atomic mass is 9.87. The lowest BCUT2D eigenvalue weighted by Crippen LogP contribution is -2.49. The van der Waals surface area contributed by atoms with E-state index >= 15 is 0 Å². The minimum absolute atomic E-state index is 0.0295. The third-order valence-electron chi connectivity index (χ3n) is 7.51. The first-order valence-corrected chi connectivity index (χ1v) is 15.0. The minimum atomic E-state index is -3.56. The Kier molecular flexibility index (Phi) is 7.81. The summed E-state index contributed by atoms with van der Waals surface area (Å²) in [5.74, 6) is 2.17. The van der Waals surface area contributed by atoms with E-state index in [-0.39, 0.29) is 11.5 Å². The van der Waals surface area contributed by atoms with Gasteiger partial charge in [-0.15, -0.1) is 0 Å². The first-order chi connectivity index (χ1) is 19.1. The summed E-state index contributed by atoms with van der Waals surface area (Å²) in [7, 11) is -1.91. The van der Waals surface area contributed by atoms with Gasteiger partial charge < -0.3 is 10.1 Å². The van der Waals surface area contributed by atoms with Gasteiger partial charge >= 0.3 is 0 Å². The Morgan fingerprint density at radius 2 is 1.60 bits per heavy atom. The fourth-order valence-corrected chi connectivity index (χ4v) is 6.41. The third kappa shape index (κ3) is 5.82. The predicted molar refractivity (Wildman–Crippen MR) is 160 cm³/mol. The number of piperazine rings is 1. The molecule has 1 N–H and O–H groups in total. The molecule has 1 aliphatic rings. The van der Waals surface area contributed by atoms with Crippen LogP contribution in [0.25, 0.3) is 10.9 Å². The van der Waals surface area contributed by atoms with E-state index in [0.717, 1.165) is 33.7 Å². The molecule has 1 atom stereocenters. The van der Waals surface area contributed by atoms with Gasteiger partial charge in [-0.1, -0.05) is 51.1 Å². The van der Waals surface area contributed by atoms with Crippen molar-refractivity contribution in [1.29, 1.82) is 0 Å². The van der Waals surface area contributed by atoms with Gasteiger partial charge in [0.2, 0.25) is 10.0 Å². The summed E-state index contributed by atoms with van der Waals surface area (Å²) in [6.45, 7) is 10.4. The molecule has 8 nitrogen and oxygen atoms in total. The van der Waals surface area contributed by atoms with Crippen LogP contribution in [-0.2, 0) is 15.4 Å². The number of methoxy groups -OCH3 is 1. The summed E-state index contributed by atoms with van der Waals surface area (Å²) in [4.78, 5) is 12.4. The van der Waals surface area contributed by atoms with Crippen LogP contribution in [0.2, 0.25) is 0 Å². The SMILES string of the molecule is COc1cccc(Nc2nc([C@@H](C)N3CCN(S(=O)(=O)c4ccc(C(C)(C)C)cc4)CC3)nc3ccccc23)c1. The second kappa shape index (κ2) is 11.2. The number of hydrogen-bond donors (Lipinski definition) is 1. The van der Waals surface area contributed by atoms with Crippen molar-refractivity contribution in [3.63, 3.8) is 0 Å². The largest absolute Gasteiger partial charge is 0.497 e. The van der Waals surface area contributed by atoms with Crippen molar-refractivity contribution in [3.05, 3.63) is 84.2 Å². The lowest BCUT2D eigenvalue weighted by Gasteiger charge is -2.37. The topological polar surface area (TPSA) is 87.7 Å². The van der Waals surface area contributed by atoms with Gasteiger partial charge in [0.25, 0.3) is 0 Å². The molecule has 0 radical (unpaired) electrons. The van der Waals surface area contributed by atoms with Crippen LogP contribution in [0, 0.1) is 0 Å². The van der Waals surface area contributed by atoms with Crippen LogP contribution in [0.1, 0.15) is 45.1 Å². The number of benzene rings is 3. The monoisotopic (exact) mass is 559 g/mol. The molecule has 9 heteroatoms. The van der Waals surface area contributed by atoms with E-state index in [1.54, 1.807) is 23.5 Å². The molecule has 5 rings (SSSR count). The third-order valence-corrected chi connectivity index (χ3v) is 9.42. The molecule has 0 amide bonds. The van der Waals surface area contributed by atoms with E-state index in [1.807, 2.05) is 60.7 Å². The zero-order chi connectivity index (χ0) is 28.5. The molecular weight excluding hydrogens is 522 g/mol. The van der Waals surface area contributed by atoms with E-state index in [9.17, 15) is 8.42 Å². The number of anilines is 2. The zero-order valence-electron chi connectivity index (χ0n) is 23.8. The van der Waals surface area contributed by atoms with Gasteiger partial charge in [0.15, 0.2) is 0 Å². The second-order valence-electron chi connectivity index (χ2n) is 11.2. The number of nitrogens with zero attached hydrogens (tertiary/aromatic N) is 4. The summed E-state index contributed by atoms with van der Waals surface area (Å²) in [6.07, 6.45) is 0.